The molecular formula is C31H52O11. The van der Waals surface area contributed by atoms with Crippen LogP contribution in [-0.2, 0) is 52.5 Å². The summed E-state index contributed by atoms with van der Waals surface area (Å²) in [6.45, 7) is 10.6. The number of hydrogen-bond acceptors (Lipinski definition) is 11. The van der Waals surface area contributed by atoms with E-state index in [1.54, 1.807) is 0 Å². The van der Waals surface area contributed by atoms with Crippen LogP contribution in [0.2, 0.25) is 0 Å². The molecule has 11 nitrogen and oxygen atoms in total. The van der Waals surface area contributed by atoms with Gasteiger partial charge in [0.05, 0.1) is 27.1 Å². The predicted octanol–water partition coefficient (Wildman–Crippen LogP) is 4.61. The molecule has 0 unspecified atom stereocenters. The van der Waals surface area contributed by atoms with Crippen molar-refractivity contribution in [3.05, 3.63) is 0 Å². The van der Waals surface area contributed by atoms with E-state index in [2.05, 4.69) is 0 Å². The summed E-state index contributed by atoms with van der Waals surface area (Å²) >= 11 is 0. The zero-order chi connectivity index (χ0) is 37.2. The predicted molar refractivity (Wildman–Crippen MR) is 154 cm³/mol. The van der Waals surface area contributed by atoms with E-state index < -0.39 is 122 Å². The molecule has 0 fully saturated rings. The van der Waals surface area contributed by atoms with Crippen molar-refractivity contribution in [1.29, 1.82) is 0 Å². The fourth-order valence-electron chi connectivity index (χ4n) is 2.54. The molecule has 0 aromatic rings. The van der Waals surface area contributed by atoms with Crippen LogP contribution in [0.3, 0.4) is 0 Å². The summed E-state index contributed by atoms with van der Waals surface area (Å²) in [5.41, 5.74) is -7.24. The van der Waals surface area contributed by atoms with E-state index in [1.807, 2.05) is 0 Å². The van der Waals surface area contributed by atoms with Crippen molar-refractivity contribution < 1.29 is 59.3 Å². The zero-order valence-electron chi connectivity index (χ0n) is 31.6. The van der Waals surface area contributed by atoms with Crippen LogP contribution in [0.15, 0.2) is 0 Å². The van der Waals surface area contributed by atoms with Gasteiger partial charge in [0.15, 0.2) is 30.7 Å². The Morgan fingerprint density at radius 3 is 1.26 bits per heavy atom. The van der Waals surface area contributed by atoms with E-state index in [0.717, 1.165) is 0 Å². The van der Waals surface area contributed by atoms with Gasteiger partial charge in [-0.3, -0.25) is 28.8 Å². The maximum Gasteiger partial charge on any atom is 0.312 e. The molecule has 0 amide bonds. The van der Waals surface area contributed by atoms with Gasteiger partial charge in [0.1, 0.15) is 6.61 Å². The summed E-state index contributed by atoms with van der Waals surface area (Å²) in [5.74, 6) is -5.18. The van der Waals surface area contributed by atoms with Crippen LogP contribution < -0.4 is 0 Å². The molecule has 0 aliphatic rings. The van der Waals surface area contributed by atoms with Crippen molar-refractivity contribution in [3.63, 3.8) is 0 Å². The summed E-state index contributed by atoms with van der Waals surface area (Å²) in [4.78, 5) is 78.6. The molecule has 42 heavy (non-hydrogen) atoms. The first-order valence-corrected chi connectivity index (χ1v) is 13.3. The second-order valence-corrected chi connectivity index (χ2v) is 13.7. The molecule has 0 saturated carbocycles. The van der Waals surface area contributed by atoms with Gasteiger partial charge in [0.25, 0.3) is 0 Å². The lowest BCUT2D eigenvalue weighted by Crippen LogP contribution is -2.56. The highest BCUT2D eigenvalue weighted by atomic mass is 16.6. The highest BCUT2D eigenvalue weighted by Crippen LogP contribution is 2.29. The molecule has 242 valence electrons. The van der Waals surface area contributed by atoms with Crippen molar-refractivity contribution in [2.45, 2.75) is 128 Å². The van der Waals surface area contributed by atoms with Gasteiger partial charge >= 0.3 is 29.8 Å². The Morgan fingerprint density at radius 1 is 0.548 bits per heavy atom. The molecular weight excluding hydrogens is 548 g/mol. The maximum absolute atomic E-state index is 13.4. The van der Waals surface area contributed by atoms with Crippen LogP contribution in [0, 0.1) is 27.1 Å². The molecule has 11 heteroatoms. The Morgan fingerprint density at radius 2 is 0.881 bits per heavy atom. The van der Waals surface area contributed by atoms with Crippen LogP contribution in [-0.4, -0.2) is 67.2 Å². The first kappa shape index (κ1) is 30.5. The lowest BCUT2D eigenvalue weighted by Gasteiger charge is -2.37. The quantitative estimate of drug-likeness (QED) is 0.195. The van der Waals surface area contributed by atoms with Gasteiger partial charge in [-0.25, -0.2) is 0 Å². The molecule has 0 rings (SSSR count). The Kier molecular flexibility index (Phi) is 10.2. The number of hydrogen-bond donors (Lipinski definition) is 0. The van der Waals surface area contributed by atoms with E-state index in [0.29, 0.717) is 0 Å². The van der Waals surface area contributed by atoms with Crippen molar-refractivity contribution in [2.24, 2.45) is 27.1 Å². The number of rotatable bonds is 10. The zero-order valence-corrected chi connectivity index (χ0v) is 26.6. The van der Waals surface area contributed by atoms with E-state index in [9.17, 15) is 28.8 Å². The summed E-state index contributed by atoms with van der Waals surface area (Å²) < 4.78 is 66.6. The molecule has 0 bridgehead atoms. The van der Waals surface area contributed by atoms with Gasteiger partial charge in [0.2, 0.25) is 0 Å². The minimum Gasteiger partial charge on any atom is -0.461 e. The summed E-state index contributed by atoms with van der Waals surface area (Å²) in [5, 5.41) is 0. The Bertz CT molecular complexity index is 1120. The van der Waals surface area contributed by atoms with E-state index in [4.69, 9.17) is 30.5 Å². The highest BCUT2D eigenvalue weighted by molar-refractivity contribution is 5.80. The second-order valence-electron chi connectivity index (χ2n) is 13.7. The average Bonchev–Trinajstić information content (AvgIpc) is 3.02. The number of esters is 5. The van der Waals surface area contributed by atoms with Gasteiger partial charge < -0.3 is 23.7 Å². The van der Waals surface area contributed by atoms with Gasteiger partial charge in [0, 0.05) is 6.85 Å². The first-order chi connectivity index (χ1) is 21.3. The SMILES string of the molecule is [2H]CC(C)(C)C(=O)OC[C@@H](OC(=O)C(C)(C)C[2H])[C@@H](OC(=O)C(C)(C)C[2H])[C@H](OC(=O)C(C)(C)C[2H])[C@H](C=O)OC(=O)C(C)(C)C[2H]. The minimum absolute atomic E-state index is 0.0852. The fourth-order valence-corrected chi connectivity index (χ4v) is 2.54. The molecule has 0 radical (unpaired) electrons. The van der Waals surface area contributed by atoms with Crippen molar-refractivity contribution in [3.8, 4) is 0 Å². The number of carbonyl (C=O) groups excluding carboxylic acids is 6. The molecule has 4 atom stereocenters. The Labute approximate surface area is 257 Å². The standard InChI is InChI=1S/C31H52O11/c1-27(2,3)22(33)38-17-19(40-24(35)29(7,8)9)21(42-26(37)31(13,14)15)20(41-25(36)30(10,11)12)18(16-32)39-23(34)28(4,5)6/h16,18-21H,17H2,1-15H3/t18-,19+,20+,21+/m0/s1/i1D,4D,7D,10D,13D. The third-order valence-electron chi connectivity index (χ3n) is 5.28. The lowest BCUT2D eigenvalue weighted by molar-refractivity contribution is -0.213. The Hall–Kier alpha value is -2.98. The molecule has 0 aromatic heterocycles. The summed E-state index contributed by atoms with van der Waals surface area (Å²) in [6, 6.07) is 0. The molecule has 0 heterocycles. The molecule has 0 spiro atoms. The number of ether oxygens (including phenoxy) is 5. The highest BCUT2D eigenvalue weighted by Gasteiger charge is 2.48. The average molecular weight is 606 g/mol. The molecule has 0 aromatic carbocycles. The largest absolute Gasteiger partial charge is 0.461 e. The monoisotopic (exact) mass is 605 g/mol. The molecule has 0 aliphatic heterocycles. The van der Waals surface area contributed by atoms with Gasteiger partial charge in [-0.05, 0) is 104 Å². The second kappa shape index (κ2) is 14.0. The minimum atomic E-state index is -2.07. The van der Waals surface area contributed by atoms with Crippen LogP contribution in [0.5, 0.6) is 0 Å². The van der Waals surface area contributed by atoms with E-state index >= 15 is 0 Å². The van der Waals surface area contributed by atoms with Gasteiger partial charge in [-0.2, -0.15) is 0 Å². The topological polar surface area (TPSA) is 149 Å². The van der Waals surface area contributed by atoms with Gasteiger partial charge in [-0.15, -0.1) is 0 Å². The smallest absolute Gasteiger partial charge is 0.312 e. The van der Waals surface area contributed by atoms with Crippen LogP contribution >= 0.6 is 0 Å². The lowest BCUT2D eigenvalue weighted by atomic mass is 9.94. The maximum atomic E-state index is 13.4. The van der Waals surface area contributed by atoms with Crippen LogP contribution in [0.4, 0.5) is 0 Å². The van der Waals surface area contributed by atoms with Crippen molar-refractivity contribution in [2.75, 3.05) is 6.61 Å². The normalized spacial score (nSPS) is 17.3. The van der Waals surface area contributed by atoms with Crippen LogP contribution in [0.25, 0.3) is 0 Å². The first-order valence-electron chi connectivity index (χ1n) is 16.8. The third-order valence-corrected chi connectivity index (χ3v) is 5.28. The fraction of sp³-hybridized carbons (Fsp3) is 0.806. The van der Waals surface area contributed by atoms with Crippen molar-refractivity contribution >= 4 is 36.1 Å². The molecule has 0 N–H and O–H groups in total. The molecule has 0 aliphatic carbocycles. The van der Waals surface area contributed by atoms with Crippen molar-refractivity contribution in [1.82, 2.24) is 0 Å². The third kappa shape index (κ3) is 12.5. The van der Waals surface area contributed by atoms with Gasteiger partial charge in [-0.1, -0.05) is 0 Å². The van der Waals surface area contributed by atoms with E-state index in [-0.39, 0.29) is 6.29 Å². The van der Waals surface area contributed by atoms with E-state index in [1.165, 1.54) is 69.2 Å². The number of carbonyl (C=O) groups is 6. The van der Waals surface area contributed by atoms with Crippen LogP contribution in [0.1, 0.15) is 111 Å². The summed E-state index contributed by atoms with van der Waals surface area (Å²) in [6.07, 6.45) is -7.91. The molecule has 0 saturated heterocycles. The number of aldehydes is 1. The summed E-state index contributed by atoms with van der Waals surface area (Å²) in [7, 11) is 0. The Balaban J connectivity index is 7.58.